The lowest BCUT2D eigenvalue weighted by Crippen LogP contribution is -2.44. The van der Waals surface area contributed by atoms with E-state index in [0.29, 0.717) is 11.1 Å². The molecule has 0 atom stereocenters. The standard InChI is InChI=1S/C11H14BrNO3S/c1-11(2)7-16-8-13(11)17(14,15)10-6-4-3-5-9(10)12/h3-6H,7-8H2,1-2H3. The first-order valence-corrected chi connectivity index (χ1v) is 7.44. The van der Waals surface area contributed by atoms with Gasteiger partial charge in [-0.05, 0) is 41.9 Å². The van der Waals surface area contributed by atoms with Crippen molar-refractivity contribution >= 4 is 26.0 Å². The van der Waals surface area contributed by atoms with Crippen molar-refractivity contribution in [2.75, 3.05) is 13.3 Å². The van der Waals surface area contributed by atoms with E-state index >= 15 is 0 Å². The second-order valence-electron chi connectivity index (χ2n) is 4.57. The molecule has 94 valence electrons. The van der Waals surface area contributed by atoms with Gasteiger partial charge in [-0.1, -0.05) is 12.1 Å². The van der Waals surface area contributed by atoms with E-state index < -0.39 is 15.6 Å². The maximum atomic E-state index is 12.5. The Kier molecular flexibility index (Phi) is 3.33. The molecule has 2 rings (SSSR count). The molecule has 1 aromatic carbocycles. The molecular weight excluding hydrogens is 306 g/mol. The van der Waals surface area contributed by atoms with Crippen LogP contribution in [0.4, 0.5) is 0 Å². The average molecular weight is 320 g/mol. The molecule has 0 radical (unpaired) electrons. The van der Waals surface area contributed by atoms with E-state index in [0.717, 1.165) is 0 Å². The Morgan fingerprint density at radius 3 is 2.53 bits per heavy atom. The Hall–Kier alpha value is -0.430. The highest BCUT2D eigenvalue weighted by Crippen LogP contribution is 2.32. The first-order chi connectivity index (χ1) is 7.86. The lowest BCUT2D eigenvalue weighted by molar-refractivity contribution is 0.171. The zero-order chi connectivity index (χ0) is 12.7. The van der Waals surface area contributed by atoms with E-state index in [1.165, 1.54) is 4.31 Å². The number of hydrogen-bond acceptors (Lipinski definition) is 3. The summed E-state index contributed by atoms with van der Waals surface area (Å²) in [5, 5.41) is 0. The molecule has 4 nitrogen and oxygen atoms in total. The first-order valence-electron chi connectivity index (χ1n) is 5.21. The number of benzene rings is 1. The van der Waals surface area contributed by atoms with Crippen LogP contribution in [-0.4, -0.2) is 31.6 Å². The van der Waals surface area contributed by atoms with Crippen molar-refractivity contribution in [1.82, 2.24) is 4.31 Å². The monoisotopic (exact) mass is 319 g/mol. The van der Waals surface area contributed by atoms with Gasteiger partial charge in [0.1, 0.15) is 6.73 Å². The Labute approximate surface area is 110 Å². The lowest BCUT2D eigenvalue weighted by Gasteiger charge is -2.28. The van der Waals surface area contributed by atoms with Gasteiger partial charge in [0.05, 0.1) is 17.0 Å². The van der Waals surface area contributed by atoms with Crippen molar-refractivity contribution in [1.29, 1.82) is 0 Å². The summed E-state index contributed by atoms with van der Waals surface area (Å²) in [5.74, 6) is 0. The topological polar surface area (TPSA) is 46.6 Å². The fraction of sp³-hybridized carbons (Fsp3) is 0.455. The second kappa shape index (κ2) is 4.35. The zero-order valence-corrected chi connectivity index (χ0v) is 12.1. The van der Waals surface area contributed by atoms with Gasteiger partial charge < -0.3 is 4.74 Å². The van der Waals surface area contributed by atoms with Crippen LogP contribution in [0.5, 0.6) is 0 Å². The average Bonchev–Trinajstić information content (AvgIpc) is 2.59. The van der Waals surface area contributed by atoms with Crippen molar-refractivity contribution in [3.05, 3.63) is 28.7 Å². The molecule has 1 aliphatic heterocycles. The summed E-state index contributed by atoms with van der Waals surface area (Å²) in [7, 11) is -3.52. The van der Waals surface area contributed by atoms with Crippen molar-refractivity contribution in [3.8, 4) is 0 Å². The lowest BCUT2D eigenvalue weighted by atomic mass is 10.1. The summed E-state index contributed by atoms with van der Waals surface area (Å²) < 4.78 is 32.2. The minimum atomic E-state index is -3.52. The SMILES string of the molecule is CC1(C)COCN1S(=O)(=O)c1ccccc1Br. The summed E-state index contributed by atoms with van der Waals surface area (Å²) in [6.45, 7) is 4.23. The van der Waals surface area contributed by atoms with Gasteiger partial charge in [0.25, 0.3) is 0 Å². The molecule has 1 aliphatic rings. The molecule has 0 spiro atoms. The largest absolute Gasteiger partial charge is 0.363 e. The smallest absolute Gasteiger partial charge is 0.246 e. The Balaban J connectivity index is 2.48. The fourth-order valence-corrected chi connectivity index (χ4v) is 4.41. The van der Waals surface area contributed by atoms with Gasteiger partial charge in [-0.15, -0.1) is 0 Å². The molecule has 0 N–H and O–H groups in total. The molecule has 0 unspecified atom stereocenters. The third-order valence-corrected chi connectivity index (χ3v) is 5.79. The van der Waals surface area contributed by atoms with Crippen molar-refractivity contribution < 1.29 is 13.2 Å². The van der Waals surface area contributed by atoms with Crippen molar-refractivity contribution in [2.24, 2.45) is 0 Å². The summed E-state index contributed by atoms with van der Waals surface area (Å²) in [6.07, 6.45) is 0. The zero-order valence-electron chi connectivity index (χ0n) is 9.68. The number of ether oxygens (including phenoxy) is 1. The summed E-state index contributed by atoms with van der Waals surface area (Å²) >= 11 is 3.27. The normalized spacial score (nSPS) is 20.6. The molecule has 0 saturated carbocycles. The van der Waals surface area contributed by atoms with Crippen LogP contribution in [-0.2, 0) is 14.8 Å². The van der Waals surface area contributed by atoms with Crippen LogP contribution < -0.4 is 0 Å². The molecule has 1 aromatic rings. The number of sulfonamides is 1. The van der Waals surface area contributed by atoms with E-state index in [2.05, 4.69) is 15.9 Å². The fourth-order valence-electron chi connectivity index (χ4n) is 1.79. The van der Waals surface area contributed by atoms with Gasteiger partial charge in [-0.25, -0.2) is 8.42 Å². The van der Waals surface area contributed by atoms with E-state index in [4.69, 9.17) is 4.74 Å². The van der Waals surface area contributed by atoms with Crippen LogP contribution >= 0.6 is 15.9 Å². The Morgan fingerprint density at radius 2 is 2.00 bits per heavy atom. The summed E-state index contributed by atoms with van der Waals surface area (Å²) in [4.78, 5) is 0.276. The summed E-state index contributed by atoms with van der Waals surface area (Å²) in [6, 6.07) is 6.81. The molecule has 6 heteroatoms. The van der Waals surface area contributed by atoms with Crippen molar-refractivity contribution in [2.45, 2.75) is 24.3 Å². The highest BCUT2D eigenvalue weighted by molar-refractivity contribution is 9.10. The maximum absolute atomic E-state index is 12.5. The first kappa shape index (κ1) is 13.0. The molecule has 1 saturated heterocycles. The van der Waals surface area contributed by atoms with Gasteiger partial charge in [-0.3, -0.25) is 0 Å². The molecule has 17 heavy (non-hydrogen) atoms. The Morgan fingerprint density at radius 1 is 1.35 bits per heavy atom. The molecule has 0 bridgehead atoms. The minimum Gasteiger partial charge on any atom is -0.363 e. The predicted octanol–water partition coefficient (Wildman–Crippen LogP) is 2.21. The van der Waals surface area contributed by atoms with Crippen LogP contribution in [0.1, 0.15) is 13.8 Å². The van der Waals surface area contributed by atoms with E-state index in [1.807, 2.05) is 13.8 Å². The van der Waals surface area contributed by atoms with Gasteiger partial charge in [0.2, 0.25) is 10.0 Å². The molecule has 0 aromatic heterocycles. The van der Waals surface area contributed by atoms with Crippen LogP contribution in [0.25, 0.3) is 0 Å². The highest BCUT2D eigenvalue weighted by atomic mass is 79.9. The van der Waals surface area contributed by atoms with E-state index in [1.54, 1.807) is 24.3 Å². The molecular formula is C11H14BrNO3S. The number of rotatable bonds is 2. The number of halogens is 1. The quantitative estimate of drug-likeness (QED) is 0.839. The van der Waals surface area contributed by atoms with Crippen molar-refractivity contribution in [3.63, 3.8) is 0 Å². The molecule has 1 fully saturated rings. The summed E-state index contributed by atoms with van der Waals surface area (Å²) in [5.41, 5.74) is -0.506. The maximum Gasteiger partial charge on any atom is 0.246 e. The van der Waals surface area contributed by atoms with Gasteiger partial charge in [-0.2, -0.15) is 4.31 Å². The van der Waals surface area contributed by atoms with Crippen LogP contribution in [0.2, 0.25) is 0 Å². The number of hydrogen-bond donors (Lipinski definition) is 0. The van der Waals surface area contributed by atoms with E-state index in [9.17, 15) is 8.42 Å². The van der Waals surface area contributed by atoms with Gasteiger partial charge in [0.15, 0.2) is 0 Å². The molecule has 0 aliphatic carbocycles. The number of nitrogens with zero attached hydrogens (tertiary/aromatic N) is 1. The third kappa shape index (κ3) is 2.27. The predicted molar refractivity (Wildman–Crippen MR) is 68.1 cm³/mol. The Bertz CT molecular complexity index is 527. The van der Waals surface area contributed by atoms with E-state index in [-0.39, 0.29) is 11.6 Å². The van der Waals surface area contributed by atoms with Crippen LogP contribution in [0, 0.1) is 0 Å². The van der Waals surface area contributed by atoms with Crippen LogP contribution in [0.3, 0.4) is 0 Å². The highest BCUT2D eigenvalue weighted by Gasteiger charge is 2.42. The molecule has 0 amide bonds. The van der Waals surface area contributed by atoms with Gasteiger partial charge in [0, 0.05) is 4.47 Å². The molecule has 1 heterocycles. The van der Waals surface area contributed by atoms with Crippen LogP contribution in [0.15, 0.2) is 33.6 Å². The third-order valence-electron chi connectivity index (χ3n) is 2.74. The minimum absolute atomic E-state index is 0.108. The van der Waals surface area contributed by atoms with Gasteiger partial charge >= 0.3 is 0 Å². The second-order valence-corrected chi connectivity index (χ2v) is 7.26.